The molecule has 1 heteroatoms. The van der Waals surface area contributed by atoms with Crippen LogP contribution >= 0.6 is 0 Å². The summed E-state index contributed by atoms with van der Waals surface area (Å²) in [6.45, 7) is 11.3. The summed E-state index contributed by atoms with van der Waals surface area (Å²) in [5.74, 6) is 3.58. The van der Waals surface area contributed by atoms with Crippen LogP contribution in [0, 0.1) is 17.8 Å². The molecule has 1 aliphatic heterocycles. The van der Waals surface area contributed by atoms with E-state index in [1.54, 1.807) is 0 Å². The van der Waals surface area contributed by atoms with Crippen molar-refractivity contribution in [1.82, 2.24) is 0 Å². The summed E-state index contributed by atoms with van der Waals surface area (Å²) in [6, 6.07) is 0. The number of fused-ring (bicyclic) bond motifs is 1. The van der Waals surface area contributed by atoms with Crippen molar-refractivity contribution in [3.05, 3.63) is 11.3 Å². The van der Waals surface area contributed by atoms with Crippen molar-refractivity contribution in [3.63, 3.8) is 0 Å². The summed E-state index contributed by atoms with van der Waals surface area (Å²) in [5, 5.41) is 0. The molecule has 1 heterocycles. The van der Waals surface area contributed by atoms with Gasteiger partial charge in [-0.15, -0.1) is 0 Å². The zero-order valence-electron chi connectivity index (χ0n) is 10.8. The fourth-order valence-electron chi connectivity index (χ4n) is 3.50. The molecule has 0 bridgehead atoms. The highest BCUT2D eigenvalue weighted by Crippen LogP contribution is 2.48. The SMILES string of the molecule is CC1=C(C)[C@@H]2C[C@H](C)CC[C@H]2C(C)(C)O1. The summed E-state index contributed by atoms with van der Waals surface area (Å²) in [4.78, 5) is 0. The molecule has 2 rings (SSSR count). The summed E-state index contributed by atoms with van der Waals surface area (Å²) in [5.41, 5.74) is 1.56. The van der Waals surface area contributed by atoms with Crippen LogP contribution in [0.15, 0.2) is 11.3 Å². The molecular formula is C14H24O. The van der Waals surface area contributed by atoms with Gasteiger partial charge in [0.05, 0.1) is 5.76 Å². The van der Waals surface area contributed by atoms with Crippen LogP contribution in [0.3, 0.4) is 0 Å². The first kappa shape index (κ1) is 11.0. The maximum absolute atomic E-state index is 6.07. The smallest absolute Gasteiger partial charge is 0.106 e. The monoisotopic (exact) mass is 208 g/mol. The second-order valence-corrected chi connectivity index (χ2v) is 6.08. The van der Waals surface area contributed by atoms with Crippen molar-refractivity contribution in [2.75, 3.05) is 0 Å². The Kier molecular flexibility index (Phi) is 2.60. The van der Waals surface area contributed by atoms with Gasteiger partial charge in [-0.25, -0.2) is 0 Å². The first-order valence-corrected chi connectivity index (χ1v) is 6.28. The Morgan fingerprint density at radius 3 is 2.53 bits per heavy atom. The van der Waals surface area contributed by atoms with E-state index in [1.165, 1.54) is 30.6 Å². The van der Waals surface area contributed by atoms with E-state index in [-0.39, 0.29) is 5.60 Å². The first-order valence-electron chi connectivity index (χ1n) is 6.28. The lowest BCUT2D eigenvalue weighted by molar-refractivity contribution is -0.0725. The van der Waals surface area contributed by atoms with Crippen molar-refractivity contribution >= 4 is 0 Å². The van der Waals surface area contributed by atoms with Crippen LogP contribution < -0.4 is 0 Å². The third kappa shape index (κ3) is 1.81. The molecule has 1 aliphatic carbocycles. The average Bonchev–Trinajstić information content (AvgIpc) is 2.13. The van der Waals surface area contributed by atoms with Gasteiger partial charge < -0.3 is 4.74 Å². The van der Waals surface area contributed by atoms with Crippen LogP contribution in [0.2, 0.25) is 0 Å². The zero-order chi connectivity index (χ0) is 11.2. The molecule has 0 aromatic heterocycles. The minimum atomic E-state index is 0.0500. The maximum atomic E-state index is 6.07. The van der Waals surface area contributed by atoms with Gasteiger partial charge in [0.2, 0.25) is 0 Å². The lowest BCUT2D eigenvalue weighted by Crippen LogP contribution is -2.45. The van der Waals surface area contributed by atoms with Gasteiger partial charge in [0.15, 0.2) is 0 Å². The van der Waals surface area contributed by atoms with Gasteiger partial charge in [-0.05, 0) is 57.9 Å². The molecule has 0 radical (unpaired) electrons. The minimum absolute atomic E-state index is 0.0500. The quantitative estimate of drug-likeness (QED) is 0.581. The maximum Gasteiger partial charge on any atom is 0.106 e. The van der Waals surface area contributed by atoms with Gasteiger partial charge >= 0.3 is 0 Å². The van der Waals surface area contributed by atoms with Crippen molar-refractivity contribution in [3.8, 4) is 0 Å². The van der Waals surface area contributed by atoms with Crippen LogP contribution in [0.5, 0.6) is 0 Å². The lowest BCUT2D eigenvalue weighted by Gasteiger charge is -2.48. The Labute approximate surface area is 93.9 Å². The number of allylic oxidation sites excluding steroid dienone is 2. The second kappa shape index (κ2) is 3.54. The number of ether oxygens (including phenoxy) is 1. The third-order valence-electron chi connectivity index (χ3n) is 4.53. The van der Waals surface area contributed by atoms with E-state index in [0.717, 1.165) is 17.8 Å². The molecular weight excluding hydrogens is 184 g/mol. The van der Waals surface area contributed by atoms with Crippen molar-refractivity contribution in [1.29, 1.82) is 0 Å². The van der Waals surface area contributed by atoms with E-state index in [9.17, 15) is 0 Å². The van der Waals surface area contributed by atoms with E-state index in [2.05, 4.69) is 34.6 Å². The first-order chi connectivity index (χ1) is 6.92. The molecule has 0 aromatic carbocycles. The largest absolute Gasteiger partial charge is 0.492 e. The summed E-state index contributed by atoms with van der Waals surface area (Å²) < 4.78 is 6.07. The zero-order valence-corrected chi connectivity index (χ0v) is 10.8. The Morgan fingerprint density at radius 1 is 1.20 bits per heavy atom. The second-order valence-electron chi connectivity index (χ2n) is 6.08. The standard InChI is InChI=1S/C14H24O/c1-9-6-7-13-12(8-9)10(2)11(3)15-14(13,4)5/h9,12-13H,6-8H2,1-5H3/t9-,12+,13-/m1/s1. The van der Waals surface area contributed by atoms with Crippen LogP contribution in [0.4, 0.5) is 0 Å². The van der Waals surface area contributed by atoms with Crippen LogP contribution in [0.25, 0.3) is 0 Å². The molecule has 0 aromatic rings. The molecule has 15 heavy (non-hydrogen) atoms. The third-order valence-corrected chi connectivity index (χ3v) is 4.53. The number of hydrogen-bond acceptors (Lipinski definition) is 1. The Hall–Kier alpha value is -0.460. The minimum Gasteiger partial charge on any atom is -0.492 e. The van der Waals surface area contributed by atoms with Crippen LogP contribution in [-0.4, -0.2) is 5.60 Å². The topological polar surface area (TPSA) is 9.23 Å². The van der Waals surface area contributed by atoms with Crippen LogP contribution in [0.1, 0.15) is 53.9 Å². The fourth-order valence-corrected chi connectivity index (χ4v) is 3.50. The normalized spacial score (nSPS) is 39.7. The Balaban J connectivity index is 2.31. The molecule has 1 nitrogen and oxygen atoms in total. The average molecular weight is 208 g/mol. The highest BCUT2D eigenvalue weighted by molar-refractivity contribution is 5.17. The van der Waals surface area contributed by atoms with Gasteiger partial charge in [0, 0.05) is 5.92 Å². The van der Waals surface area contributed by atoms with Crippen molar-refractivity contribution in [2.24, 2.45) is 17.8 Å². The Morgan fingerprint density at radius 2 is 1.87 bits per heavy atom. The molecule has 0 saturated heterocycles. The van der Waals surface area contributed by atoms with E-state index < -0.39 is 0 Å². The van der Waals surface area contributed by atoms with Crippen molar-refractivity contribution in [2.45, 2.75) is 59.5 Å². The molecule has 1 saturated carbocycles. The van der Waals surface area contributed by atoms with Gasteiger partial charge in [0.1, 0.15) is 5.60 Å². The molecule has 0 spiro atoms. The molecule has 1 fully saturated rings. The van der Waals surface area contributed by atoms with Crippen molar-refractivity contribution < 1.29 is 4.74 Å². The van der Waals surface area contributed by atoms with E-state index in [4.69, 9.17) is 4.74 Å². The summed E-state index contributed by atoms with van der Waals surface area (Å²) in [6.07, 6.45) is 4.07. The molecule has 0 unspecified atom stereocenters. The van der Waals surface area contributed by atoms with Crippen LogP contribution in [-0.2, 0) is 4.74 Å². The Bertz CT molecular complexity index is 288. The van der Waals surface area contributed by atoms with Gasteiger partial charge in [-0.1, -0.05) is 13.3 Å². The van der Waals surface area contributed by atoms with Gasteiger partial charge in [0.25, 0.3) is 0 Å². The van der Waals surface area contributed by atoms with E-state index in [1.807, 2.05) is 0 Å². The molecule has 3 atom stereocenters. The summed E-state index contributed by atoms with van der Waals surface area (Å²) in [7, 11) is 0. The number of rotatable bonds is 0. The van der Waals surface area contributed by atoms with Gasteiger partial charge in [-0.3, -0.25) is 0 Å². The van der Waals surface area contributed by atoms with E-state index in [0.29, 0.717) is 0 Å². The highest BCUT2D eigenvalue weighted by Gasteiger charge is 2.44. The molecule has 86 valence electrons. The predicted octanol–water partition coefficient (Wildman–Crippen LogP) is 4.14. The molecule has 2 aliphatic rings. The summed E-state index contributed by atoms with van der Waals surface area (Å²) >= 11 is 0. The predicted molar refractivity (Wildman–Crippen MR) is 63.5 cm³/mol. The molecule has 0 N–H and O–H groups in total. The molecule has 0 amide bonds. The van der Waals surface area contributed by atoms with E-state index >= 15 is 0 Å². The highest BCUT2D eigenvalue weighted by atomic mass is 16.5. The lowest BCUT2D eigenvalue weighted by atomic mass is 9.64. The fraction of sp³-hybridized carbons (Fsp3) is 0.857. The number of hydrogen-bond donors (Lipinski definition) is 0. The van der Waals surface area contributed by atoms with Gasteiger partial charge in [-0.2, -0.15) is 0 Å².